The Morgan fingerprint density at radius 3 is 2.78 bits per heavy atom. The number of anilines is 1. The fourth-order valence-corrected chi connectivity index (χ4v) is 1.23. The molecule has 0 bridgehead atoms. The summed E-state index contributed by atoms with van der Waals surface area (Å²) in [5, 5.41) is 3.97. The average molecular weight is 246 g/mol. The Balaban J connectivity index is 2.00. The highest BCUT2D eigenvalue weighted by Gasteiger charge is 1.96. The molecule has 18 heavy (non-hydrogen) atoms. The van der Waals surface area contributed by atoms with Crippen LogP contribution in [0.1, 0.15) is 5.56 Å². The van der Waals surface area contributed by atoms with Gasteiger partial charge >= 0.3 is 0 Å². The van der Waals surface area contributed by atoms with Crippen molar-refractivity contribution in [1.29, 1.82) is 0 Å². The van der Waals surface area contributed by atoms with Gasteiger partial charge in [0.25, 0.3) is 0 Å². The molecule has 1 aromatic carbocycles. The van der Waals surface area contributed by atoms with Crippen LogP contribution in [0, 0.1) is 5.82 Å². The number of rotatable bonds is 4. The summed E-state index contributed by atoms with van der Waals surface area (Å²) in [6, 6.07) is 7.61. The smallest absolute Gasteiger partial charge is 0.218 e. The van der Waals surface area contributed by atoms with Crippen LogP contribution in [0.15, 0.2) is 41.8 Å². The van der Waals surface area contributed by atoms with Gasteiger partial charge < -0.3 is 4.74 Å². The molecule has 0 saturated carbocycles. The van der Waals surface area contributed by atoms with E-state index in [-0.39, 0.29) is 5.82 Å². The summed E-state index contributed by atoms with van der Waals surface area (Å²) < 4.78 is 17.6. The van der Waals surface area contributed by atoms with Gasteiger partial charge in [-0.3, -0.25) is 5.43 Å². The van der Waals surface area contributed by atoms with Crippen LogP contribution in [0.3, 0.4) is 0 Å². The Labute approximate surface area is 103 Å². The molecule has 92 valence electrons. The molecule has 0 fully saturated rings. The van der Waals surface area contributed by atoms with Crippen molar-refractivity contribution in [3.63, 3.8) is 0 Å². The van der Waals surface area contributed by atoms with Crippen molar-refractivity contribution in [2.75, 3.05) is 12.5 Å². The number of halogens is 1. The van der Waals surface area contributed by atoms with E-state index < -0.39 is 0 Å². The van der Waals surface area contributed by atoms with E-state index >= 15 is 0 Å². The summed E-state index contributed by atoms with van der Waals surface area (Å²) in [5.74, 6) is 0.685. The summed E-state index contributed by atoms with van der Waals surface area (Å²) in [4.78, 5) is 7.82. The molecule has 0 atom stereocenters. The third-order valence-corrected chi connectivity index (χ3v) is 2.11. The van der Waals surface area contributed by atoms with Crippen molar-refractivity contribution in [2.24, 2.45) is 5.10 Å². The quantitative estimate of drug-likeness (QED) is 0.662. The lowest BCUT2D eigenvalue weighted by Crippen LogP contribution is -1.96. The third kappa shape index (κ3) is 3.24. The molecule has 0 radical (unpaired) electrons. The molecule has 0 saturated heterocycles. The molecule has 0 aliphatic heterocycles. The van der Waals surface area contributed by atoms with Gasteiger partial charge in [-0.2, -0.15) is 5.10 Å². The zero-order valence-corrected chi connectivity index (χ0v) is 9.67. The first-order chi connectivity index (χ1) is 8.78. The lowest BCUT2D eigenvalue weighted by atomic mass is 10.2. The molecule has 0 aliphatic carbocycles. The highest BCUT2D eigenvalue weighted by Crippen LogP contribution is 2.09. The van der Waals surface area contributed by atoms with Gasteiger partial charge in [-0.15, -0.1) is 0 Å². The number of hydrogen-bond donors (Lipinski definition) is 1. The van der Waals surface area contributed by atoms with Crippen LogP contribution >= 0.6 is 0 Å². The molecule has 2 rings (SSSR count). The maximum absolute atomic E-state index is 12.7. The van der Waals surface area contributed by atoms with E-state index in [0.29, 0.717) is 11.7 Å². The number of ether oxygens (including phenoxy) is 1. The molecular formula is C12H11FN4O. The monoisotopic (exact) mass is 246 g/mol. The van der Waals surface area contributed by atoms with Gasteiger partial charge in [-0.1, -0.05) is 12.1 Å². The Morgan fingerprint density at radius 2 is 2.06 bits per heavy atom. The van der Waals surface area contributed by atoms with Crippen molar-refractivity contribution >= 4 is 12.0 Å². The van der Waals surface area contributed by atoms with Crippen LogP contribution in [0.25, 0.3) is 0 Å². The third-order valence-electron chi connectivity index (χ3n) is 2.11. The first-order valence-electron chi connectivity index (χ1n) is 5.18. The number of nitrogens with one attached hydrogen (secondary N) is 1. The minimum Gasteiger partial charge on any atom is -0.481 e. The van der Waals surface area contributed by atoms with Crippen LogP contribution in [-0.2, 0) is 0 Å². The van der Waals surface area contributed by atoms with Crippen LogP contribution < -0.4 is 10.2 Å². The predicted octanol–water partition coefficient (Wildman–Crippen LogP) is 2.07. The number of methoxy groups -OCH3 is 1. The molecule has 1 heterocycles. The van der Waals surface area contributed by atoms with Crippen molar-refractivity contribution in [3.05, 3.63) is 48.0 Å². The van der Waals surface area contributed by atoms with Crippen molar-refractivity contribution < 1.29 is 9.13 Å². The number of hydrogen-bond acceptors (Lipinski definition) is 5. The topological polar surface area (TPSA) is 59.4 Å². The zero-order chi connectivity index (χ0) is 12.8. The molecule has 5 nitrogen and oxygen atoms in total. The fraction of sp³-hybridized carbons (Fsp3) is 0.0833. The Morgan fingerprint density at radius 1 is 1.28 bits per heavy atom. The van der Waals surface area contributed by atoms with Gasteiger partial charge in [0.1, 0.15) is 12.1 Å². The second-order valence-corrected chi connectivity index (χ2v) is 3.37. The molecular weight excluding hydrogens is 235 g/mol. The normalized spacial score (nSPS) is 10.6. The maximum Gasteiger partial charge on any atom is 0.218 e. The van der Waals surface area contributed by atoms with Crippen LogP contribution in [0.4, 0.5) is 10.2 Å². The van der Waals surface area contributed by atoms with Gasteiger partial charge in [-0.25, -0.2) is 14.4 Å². The maximum atomic E-state index is 12.7. The van der Waals surface area contributed by atoms with E-state index in [0.717, 1.165) is 5.56 Å². The highest BCUT2D eigenvalue weighted by atomic mass is 19.1. The Kier molecular flexibility index (Phi) is 3.80. The van der Waals surface area contributed by atoms with Gasteiger partial charge in [0, 0.05) is 6.07 Å². The molecule has 6 heteroatoms. The van der Waals surface area contributed by atoms with E-state index in [4.69, 9.17) is 4.74 Å². The largest absolute Gasteiger partial charge is 0.481 e. The van der Waals surface area contributed by atoms with Crippen molar-refractivity contribution in [1.82, 2.24) is 9.97 Å². The van der Waals surface area contributed by atoms with Crippen LogP contribution in [0.2, 0.25) is 0 Å². The van der Waals surface area contributed by atoms with Gasteiger partial charge in [0.15, 0.2) is 5.82 Å². The fourth-order valence-electron chi connectivity index (χ4n) is 1.23. The first kappa shape index (κ1) is 12.0. The summed E-state index contributed by atoms with van der Waals surface area (Å²) >= 11 is 0. The van der Waals surface area contributed by atoms with Gasteiger partial charge in [0.2, 0.25) is 5.88 Å². The zero-order valence-electron chi connectivity index (χ0n) is 9.67. The lowest BCUT2D eigenvalue weighted by Gasteiger charge is -2.01. The van der Waals surface area contributed by atoms with Crippen LogP contribution in [-0.4, -0.2) is 23.3 Å². The standard InChI is InChI=1S/C12H11FN4O/c1-18-12-6-11(14-8-15-12)17-16-7-9-2-4-10(13)5-3-9/h2-8H,1H3,(H,14,15,17)/b16-7-. The Bertz CT molecular complexity index is 542. The van der Waals surface area contributed by atoms with E-state index in [1.54, 1.807) is 24.4 Å². The van der Waals surface area contributed by atoms with Crippen molar-refractivity contribution in [2.45, 2.75) is 0 Å². The molecule has 1 aromatic heterocycles. The van der Waals surface area contributed by atoms with Crippen LogP contribution in [0.5, 0.6) is 5.88 Å². The minimum absolute atomic E-state index is 0.277. The van der Waals surface area contributed by atoms with Gasteiger partial charge in [0.05, 0.1) is 13.3 Å². The molecule has 0 amide bonds. The minimum atomic E-state index is -0.277. The molecule has 0 aliphatic rings. The molecule has 2 aromatic rings. The highest BCUT2D eigenvalue weighted by molar-refractivity contribution is 5.79. The second-order valence-electron chi connectivity index (χ2n) is 3.37. The molecule has 0 spiro atoms. The number of nitrogens with zero attached hydrogens (tertiary/aromatic N) is 3. The summed E-state index contributed by atoms with van der Waals surface area (Å²) in [7, 11) is 1.52. The van der Waals surface area contributed by atoms with E-state index in [9.17, 15) is 4.39 Å². The average Bonchev–Trinajstić information content (AvgIpc) is 2.41. The first-order valence-corrected chi connectivity index (χ1v) is 5.18. The van der Waals surface area contributed by atoms with E-state index in [1.165, 1.54) is 25.6 Å². The Hall–Kier alpha value is -2.50. The molecule has 0 unspecified atom stereocenters. The lowest BCUT2D eigenvalue weighted by molar-refractivity contribution is 0.397. The van der Waals surface area contributed by atoms with E-state index in [2.05, 4.69) is 20.5 Å². The predicted molar refractivity (Wildman–Crippen MR) is 66.2 cm³/mol. The second kappa shape index (κ2) is 5.72. The number of aromatic nitrogens is 2. The summed E-state index contributed by atoms with van der Waals surface area (Å²) in [5.41, 5.74) is 3.51. The summed E-state index contributed by atoms with van der Waals surface area (Å²) in [6.45, 7) is 0. The number of hydrazone groups is 1. The SMILES string of the molecule is COc1cc(N/N=C\c2ccc(F)cc2)ncn1. The van der Waals surface area contributed by atoms with Crippen molar-refractivity contribution in [3.8, 4) is 5.88 Å². The molecule has 1 N–H and O–H groups in total. The van der Waals surface area contributed by atoms with E-state index in [1.807, 2.05) is 0 Å². The van der Waals surface area contributed by atoms with Gasteiger partial charge in [-0.05, 0) is 17.7 Å². The summed E-state index contributed by atoms with van der Waals surface area (Å²) in [6.07, 6.45) is 2.93. The number of benzene rings is 1.